The number of hydrogen-bond donors (Lipinski definition) is 4. The summed E-state index contributed by atoms with van der Waals surface area (Å²) < 4.78 is 5.51. The Morgan fingerprint density at radius 1 is 1.15 bits per heavy atom. The minimum atomic E-state index is -1.05. The van der Waals surface area contributed by atoms with Gasteiger partial charge in [0.05, 0.1) is 24.5 Å². The molecule has 0 saturated carbocycles. The Bertz CT molecular complexity index is 710. The maximum absolute atomic E-state index is 10.4. The highest BCUT2D eigenvalue weighted by molar-refractivity contribution is 5.78. The number of hydrogen-bond acceptors (Lipinski definition) is 6. The number of allylic oxidation sites excluding steroid dienone is 1. The number of rotatable bonds is 10. The molecule has 0 radical (unpaired) electrons. The highest BCUT2D eigenvalue weighted by atomic mass is 16.4. The van der Waals surface area contributed by atoms with Crippen molar-refractivity contribution >= 4 is 11.6 Å². The third-order valence-electron chi connectivity index (χ3n) is 4.21. The first-order valence-corrected chi connectivity index (χ1v) is 8.50. The molecule has 140 valence electrons. The van der Waals surface area contributed by atoms with Gasteiger partial charge in [-0.1, -0.05) is 12.1 Å². The first-order chi connectivity index (χ1) is 12.6. The van der Waals surface area contributed by atoms with Gasteiger partial charge in [-0.05, 0) is 48.8 Å². The maximum atomic E-state index is 10.4. The molecule has 0 fully saturated rings. The highest BCUT2D eigenvalue weighted by Gasteiger charge is 2.24. The van der Waals surface area contributed by atoms with E-state index in [0.717, 1.165) is 11.3 Å². The van der Waals surface area contributed by atoms with Crippen molar-refractivity contribution in [2.75, 3.05) is 6.61 Å². The van der Waals surface area contributed by atoms with E-state index in [1.165, 1.54) is 6.08 Å². The molecule has 6 heteroatoms. The summed E-state index contributed by atoms with van der Waals surface area (Å²) in [6.45, 7) is 3.01. The molecule has 0 saturated heterocycles. The number of nitrogens with zero attached hydrogens (tertiary/aromatic N) is 1. The first kappa shape index (κ1) is 20.1. The zero-order chi connectivity index (χ0) is 18.9. The van der Waals surface area contributed by atoms with Gasteiger partial charge in [0, 0.05) is 12.1 Å². The van der Waals surface area contributed by atoms with Crippen LogP contribution in [0, 0.1) is 5.92 Å². The minimum absolute atomic E-state index is 0.175. The SMILES string of the molecule is C=C[C@@H]([C@H](O)CO)[C@H](O)CC/C(=C/c1ccc(CO)o1)c1ccccn1. The van der Waals surface area contributed by atoms with Crippen LogP contribution in [-0.4, -0.2) is 44.2 Å². The molecule has 0 aromatic carbocycles. The molecule has 0 spiro atoms. The van der Waals surface area contributed by atoms with Gasteiger partial charge in [0.2, 0.25) is 0 Å². The van der Waals surface area contributed by atoms with Gasteiger partial charge in [-0.25, -0.2) is 0 Å². The summed E-state index contributed by atoms with van der Waals surface area (Å²) >= 11 is 0. The highest BCUT2D eigenvalue weighted by Crippen LogP contribution is 2.25. The largest absolute Gasteiger partial charge is 0.459 e. The van der Waals surface area contributed by atoms with Crippen LogP contribution in [0.1, 0.15) is 30.1 Å². The molecule has 0 aliphatic heterocycles. The predicted octanol–water partition coefficient (Wildman–Crippen LogP) is 2.00. The summed E-state index contributed by atoms with van der Waals surface area (Å²) in [7, 11) is 0. The van der Waals surface area contributed by atoms with Gasteiger partial charge in [-0.15, -0.1) is 6.58 Å². The molecule has 0 aliphatic rings. The van der Waals surface area contributed by atoms with Gasteiger partial charge in [-0.3, -0.25) is 4.98 Å². The number of aromatic nitrogens is 1. The van der Waals surface area contributed by atoms with Crippen LogP contribution in [0.2, 0.25) is 0 Å². The minimum Gasteiger partial charge on any atom is -0.459 e. The van der Waals surface area contributed by atoms with Crippen LogP contribution >= 0.6 is 0 Å². The third-order valence-corrected chi connectivity index (χ3v) is 4.21. The van der Waals surface area contributed by atoms with Crippen LogP contribution in [0.5, 0.6) is 0 Å². The molecule has 2 aromatic heterocycles. The fourth-order valence-electron chi connectivity index (χ4n) is 2.74. The van der Waals surface area contributed by atoms with Crippen molar-refractivity contribution in [1.82, 2.24) is 4.98 Å². The summed E-state index contributed by atoms with van der Waals surface area (Å²) in [5, 5.41) is 38.4. The molecule has 0 unspecified atom stereocenters. The first-order valence-electron chi connectivity index (χ1n) is 8.50. The topological polar surface area (TPSA) is 107 Å². The Balaban J connectivity index is 2.18. The number of pyridine rings is 1. The monoisotopic (exact) mass is 359 g/mol. The Morgan fingerprint density at radius 3 is 2.54 bits per heavy atom. The van der Waals surface area contributed by atoms with Crippen molar-refractivity contribution in [3.8, 4) is 0 Å². The maximum Gasteiger partial charge on any atom is 0.130 e. The van der Waals surface area contributed by atoms with Gasteiger partial charge in [0.15, 0.2) is 0 Å². The van der Waals surface area contributed by atoms with Gasteiger partial charge >= 0.3 is 0 Å². The second kappa shape index (κ2) is 10.0. The average Bonchev–Trinajstić information content (AvgIpc) is 3.13. The van der Waals surface area contributed by atoms with E-state index in [1.54, 1.807) is 18.3 Å². The molecule has 6 nitrogen and oxygen atoms in total. The fraction of sp³-hybridized carbons (Fsp3) is 0.350. The lowest BCUT2D eigenvalue weighted by Gasteiger charge is -2.23. The lowest BCUT2D eigenvalue weighted by atomic mass is 9.91. The van der Waals surface area contributed by atoms with Gasteiger partial charge in [0.1, 0.15) is 18.1 Å². The molecule has 4 N–H and O–H groups in total. The summed E-state index contributed by atoms with van der Waals surface area (Å²) in [6.07, 6.45) is 3.88. The van der Waals surface area contributed by atoms with Gasteiger partial charge in [-0.2, -0.15) is 0 Å². The molecule has 0 aliphatic carbocycles. The number of furan rings is 1. The summed E-state index contributed by atoms with van der Waals surface area (Å²) in [5.74, 6) is 0.434. The van der Waals surface area contributed by atoms with Gasteiger partial charge in [0.25, 0.3) is 0 Å². The summed E-state index contributed by atoms with van der Waals surface area (Å²) in [6, 6.07) is 9.00. The lowest BCUT2D eigenvalue weighted by molar-refractivity contribution is 0.00256. The van der Waals surface area contributed by atoms with E-state index >= 15 is 0 Å². The zero-order valence-corrected chi connectivity index (χ0v) is 14.5. The Kier molecular flexibility index (Phi) is 7.74. The summed E-state index contributed by atoms with van der Waals surface area (Å²) in [5.41, 5.74) is 1.60. The van der Waals surface area contributed by atoms with E-state index in [-0.39, 0.29) is 6.61 Å². The second-order valence-corrected chi connectivity index (χ2v) is 6.02. The van der Waals surface area contributed by atoms with E-state index in [9.17, 15) is 10.2 Å². The predicted molar refractivity (Wildman–Crippen MR) is 98.8 cm³/mol. The summed E-state index contributed by atoms with van der Waals surface area (Å²) in [4.78, 5) is 4.35. The van der Waals surface area contributed by atoms with Gasteiger partial charge < -0.3 is 24.8 Å². The molecule has 26 heavy (non-hydrogen) atoms. The molecular formula is C20H25NO5. The molecular weight excluding hydrogens is 334 g/mol. The normalized spacial score (nSPS) is 15.5. The Morgan fingerprint density at radius 2 is 1.96 bits per heavy atom. The van der Waals surface area contributed by atoms with E-state index in [1.807, 2.05) is 24.3 Å². The van der Waals surface area contributed by atoms with Crippen LogP contribution in [-0.2, 0) is 6.61 Å². The van der Waals surface area contributed by atoms with Crippen LogP contribution in [0.4, 0.5) is 0 Å². The van der Waals surface area contributed by atoms with Crippen LogP contribution in [0.15, 0.2) is 53.6 Å². The Hall–Kier alpha value is -2.25. The molecule has 0 amide bonds. The second-order valence-electron chi connectivity index (χ2n) is 6.02. The quantitative estimate of drug-likeness (QED) is 0.484. The van der Waals surface area contributed by atoms with Crippen LogP contribution < -0.4 is 0 Å². The fourth-order valence-corrected chi connectivity index (χ4v) is 2.74. The van der Waals surface area contributed by atoms with Crippen molar-refractivity contribution in [3.05, 3.63) is 66.4 Å². The third kappa shape index (κ3) is 5.37. The molecule has 0 bridgehead atoms. The lowest BCUT2D eigenvalue weighted by Crippen LogP contribution is -2.32. The van der Waals surface area contributed by atoms with Crippen molar-refractivity contribution in [2.24, 2.45) is 5.92 Å². The van der Waals surface area contributed by atoms with E-state index in [0.29, 0.717) is 24.4 Å². The molecule has 2 aromatic rings. The smallest absolute Gasteiger partial charge is 0.130 e. The number of aliphatic hydroxyl groups excluding tert-OH is 4. The van der Waals surface area contributed by atoms with Crippen LogP contribution in [0.3, 0.4) is 0 Å². The standard InChI is InChI=1S/C20H25NO5/c1-2-17(20(25)13-23)19(24)9-6-14(18-5-3-4-10-21-18)11-15-7-8-16(12-22)26-15/h2-5,7-8,10-11,17,19-20,22-25H,1,6,9,12-13H2/b14-11-/t17-,19-,20-/m1/s1. The van der Waals surface area contributed by atoms with Crippen molar-refractivity contribution < 1.29 is 24.8 Å². The molecule has 3 atom stereocenters. The van der Waals surface area contributed by atoms with E-state index < -0.39 is 24.7 Å². The zero-order valence-electron chi connectivity index (χ0n) is 14.5. The van der Waals surface area contributed by atoms with Crippen molar-refractivity contribution in [2.45, 2.75) is 31.7 Å². The van der Waals surface area contributed by atoms with E-state index in [2.05, 4.69) is 11.6 Å². The van der Waals surface area contributed by atoms with E-state index in [4.69, 9.17) is 14.6 Å². The average molecular weight is 359 g/mol. The molecule has 2 heterocycles. The van der Waals surface area contributed by atoms with Crippen molar-refractivity contribution in [1.29, 1.82) is 0 Å². The Labute approximate surface area is 152 Å². The van der Waals surface area contributed by atoms with Crippen molar-refractivity contribution in [3.63, 3.8) is 0 Å². The van der Waals surface area contributed by atoms with Crippen LogP contribution in [0.25, 0.3) is 11.6 Å². The number of aliphatic hydroxyl groups is 4. The molecule has 2 rings (SSSR count).